The van der Waals surface area contributed by atoms with E-state index in [1.807, 2.05) is 27.7 Å². The van der Waals surface area contributed by atoms with E-state index in [9.17, 15) is 15.3 Å². The second kappa shape index (κ2) is 50.9. The van der Waals surface area contributed by atoms with E-state index >= 15 is 0 Å². The van der Waals surface area contributed by atoms with Gasteiger partial charge in [-0.25, -0.2) is 0 Å². The molecule has 134 heavy (non-hydrogen) atoms. The largest absolute Gasteiger partial charge is 0.394 e. The zero-order valence-corrected chi connectivity index (χ0v) is 99.3. The summed E-state index contributed by atoms with van der Waals surface area (Å²) in [6.07, 6.45) is -4.80. The molecule has 0 aromatic heterocycles. The summed E-state index contributed by atoms with van der Waals surface area (Å²) < 4.78 is 154. The Balaban J connectivity index is 0.00000929. The first-order chi connectivity index (χ1) is 62.5. The average Bonchev–Trinajstić information content (AvgIpc) is 1.55. The van der Waals surface area contributed by atoms with Gasteiger partial charge in [0.15, 0.2) is 62.9 Å². The average molecular weight is 2330 g/mol. The van der Waals surface area contributed by atoms with Crippen LogP contribution in [0.2, 0.25) is 0 Å². The maximum absolute atomic E-state index is 12.3. The summed E-state index contributed by atoms with van der Waals surface area (Å²) in [5.74, 6) is 1.29. The van der Waals surface area contributed by atoms with E-state index in [2.05, 4.69) is 222 Å². The number of aliphatic hydroxyl groups is 3. The normalized spacial score (nSPS) is 53.0. The Morgan fingerprint density at radius 3 is 0.784 bits per heavy atom. The van der Waals surface area contributed by atoms with Gasteiger partial charge in [0, 0.05) is 153 Å². The zero-order valence-electron chi connectivity index (χ0n) is 89.8. The third kappa shape index (κ3) is 24.6. The molecule has 1 saturated carbocycles. The Morgan fingerprint density at radius 1 is 0.246 bits per heavy atom. The van der Waals surface area contributed by atoms with Crippen molar-refractivity contribution in [2.75, 3.05) is 6.61 Å². The number of rotatable bonds is 35. The first-order valence-corrected chi connectivity index (χ1v) is 53.9. The second-order valence-electron chi connectivity index (χ2n) is 45.3. The van der Waals surface area contributed by atoms with E-state index in [0.29, 0.717) is 37.0 Å². The Morgan fingerprint density at radius 2 is 0.478 bits per heavy atom. The van der Waals surface area contributed by atoms with Crippen LogP contribution in [0.25, 0.3) is 0 Å². The minimum atomic E-state index is -1.02. The van der Waals surface area contributed by atoms with E-state index in [1.165, 1.54) is 0 Å². The van der Waals surface area contributed by atoms with Crippen molar-refractivity contribution in [2.45, 2.75) is 535 Å². The minimum Gasteiger partial charge on any atom is -0.394 e. The predicted molar refractivity (Wildman–Crippen MR) is 505 cm³/mol. The van der Waals surface area contributed by atoms with Gasteiger partial charge in [-0.15, -0.1) is 0 Å². The molecule has 12 rings (SSSR count). The molecule has 0 bridgehead atoms. The molecule has 60 atom stereocenters. The molecule has 12 aliphatic rings. The molecule has 27 heteroatoms. The second-order valence-corrected chi connectivity index (χ2v) is 45.3. The topological polar surface area (TPSA) is 264 Å². The molecule has 0 aromatic carbocycles. The molecule has 11 aliphatic heterocycles. The Kier molecular flexibility index (Phi) is 44.8. The van der Waals surface area contributed by atoms with Crippen LogP contribution in [-0.2, 0) is 104 Å². The number of hydrogen-bond donors (Lipinski definition) is 3. The van der Waals surface area contributed by atoms with Crippen LogP contribution in [0.4, 0.5) is 0 Å². The van der Waals surface area contributed by atoms with Crippen LogP contribution in [0.1, 0.15) is 313 Å². The maximum Gasteiger partial charge on any atom is 0.163 e. The maximum atomic E-state index is 12.3. The van der Waals surface area contributed by atoms with Crippen molar-refractivity contribution in [3.8, 4) is 0 Å². The van der Waals surface area contributed by atoms with E-state index in [-0.39, 0.29) is 335 Å². The zero-order chi connectivity index (χ0) is 96.9. The van der Waals surface area contributed by atoms with Gasteiger partial charge >= 0.3 is 0 Å². The van der Waals surface area contributed by atoms with Gasteiger partial charge in [-0.1, -0.05) is 228 Å². The molecule has 1 aliphatic carbocycles. The molecule has 0 aromatic rings. The van der Waals surface area contributed by atoms with E-state index in [1.54, 1.807) is 0 Å². The molecular weight excluding hydrogens is 2140 g/mol. The molecule has 11 heterocycles. The minimum absolute atomic E-state index is 0. The van der Waals surface area contributed by atoms with Gasteiger partial charge in [0.1, 0.15) is 12.2 Å². The number of hydrogen-bond acceptors (Lipinski definition) is 25. The van der Waals surface area contributed by atoms with Crippen LogP contribution in [0, 0.1) is 230 Å². The summed E-state index contributed by atoms with van der Waals surface area (Å²) in [4.78, 5) is 0. The monoisotopic (exact) mass is 2330 g/mol. The fourth-order valence-corrected chi connectivity index (χ4v) is 25.3. The standard InChI is InChI=1S/C107H192O25.2Ac/c1-37-73-50(13)48(11)60(23)98(113-73)125-88-53(16)62(25)99(115-76(88)40-4)126-89-54(17)63(26)100(116-77(89)41-5)127-90-55(18)64(27)101(117-78(90)42-6)128-91-56(19)65(28)102(118-79(91)43-7)129-92-57(20)66(29)103(119-80(92)44-8)130-93-58(21)67(30)104(120-81(93)45-9)131-94-59(22)68(31)105(122-83(94)47-108)124-86-52(15)61(24)97(112-72(86)35)132-95-82(46-10)121-106(70(33)85(95)109)114-74(38-2)69(32)84-96(107(84,36)110)123-87-51(14)49(12)71(34)111-75(87)39-3;;/h48-106,108-110H,37-47H2,1-36H3;;/t48-,49?,50+,51?,52?,53+,54+,55?,56?,57+,58+,59?,60?,61?,62?,63?,64?,65?,66?,67?,68?,69-,70?,71+,72+,73?,74-,75+,76?,77?,78+,79+,80?,81?,82?,83+,84?,85+,86-,87-,88+,89+,90-,91-,92+,93+,94-,95-,96+,97+,98-,99-,100-,101+,102+,103-,104-,105+,106+,107?;;/m0../s1. The fraction of sp³-hybridized carbons (Fsp3) is 1.00. The third-order valence-electron chi connectivity index (χ3n) is 37.6. The van der Waals surface area contributed by atoms with Gasteiger partial charge in [0.2, 0.25) is 0 Å². The molecule has 0 spiro atoms. The molecule has 3 N–H and O–H groups in total. The molecule has 776 valence electrons. The Bertz CT molecular complexity index is 3430. The molecular formula is C107H192Ac2O25. The van der Waals surface area contributed by atoms with E-state index in [4.69, 9.17) is 104 Å². The van der Waals surface area contributed by atoms with Gasteiger partial charge in [0.25, 0.3) is 0 Å². The van der Waals surface area contributed by atoms with Crippen molar-refractivity contribution in [1.82, 2.24) is 0 Å². The molecule has 12 fully saturated rings. The van der Waals surface area contributed by atoms with Crippen LogP contribution in [0.3, 0.4) is 0 Å². The third-order valence-corrected chi connectivity index (χ3v) is 37.6. The van der Waals surface area contributed by atoms with Crippen LogP contribution < -0.4 is 0 Å². The van der Waals surface area contributed by atoms with Crippen LogP contribution in [0.15, 0.2) is 0 Å². The van der Waals surface area contributed by atoms with Gasteiger partial charge in [-0.2, -0.15) is 0 Å². The molecule has 25 nitrogen and oxygen atoms in total. The van der Waals surface area contributed by atoms with Crippen molar-refractivity contribution >= 4 is 0 Å². The van der Waals surface area contributed by atoms with Crippen molar-refractivity contribution in [1.29, 1.82) is 0 Å². The van der Waals surface area contributed by atoms with Crippen molar-refractivity contribution < 1.29 is 208 Å². The Hall–Kier alpha value is 1.88. The molecule has 11 saturated heterocycles. The summed E-state index contributed by atoms with van der Waals surface area (Å²) in [5.41, 5.74) is -1.02. The molecule has 0 amide bonds. The fourth-order valence-electron chi connectivity index (χ4n) is 25.3. The van der Waals surface area contributed by atoms with Crippen molar-refractivity contribution in [3.63, 3.8) is 0 Å². The van der Waals surface area contributed by atoms with E-state index < -0.39 is 105 Å². The quantitative estimate of drug-likeness (QED) is 0.0532. The van der Waals surface area contributed by atoms with Crippen molar-refractivity contribution in [2.24, 2.45) is 142 Å². The molecule has 2 radical (unpaired) electrons. The number of aliphatic hydroxyl groups excluding tert-OH is 2. The first-order valence-electron chi connectivity index (χ1n) is 53.9. The van der Waals surface area contributed by atoms with Crippen LogP contribution in [0.5, 0.6) is 0 Å². The SMILES string of the molecule is CCC1O[C@@H](O[C@H]2C(CC)O[C@@H](O[C@H]3C(CC)O[C@@H](O[C@H]4C(C)C(C)[C@@H](O[C@H]5C(C)C(C)[C@@H](O[C@H]6C(CC)O[C@@H](O[C@H]7C(CC)O[C@@H](O[C@H]8C(C)C(C)[C@@H](O[C@H]9C(C)C(C)[C@@H](O[C@H]%10C(CC)O[C@@H](O[C@@H](CC)[C@H](C)C%11[C@@H](O[C@H]%12C(C)C(C)[C@@H](C)O[C@@H]%12CC)C%11(C)O)C(C)[C@H]%10O)O[C@@H]9C)O[C@@H]8CO)C(C)[C@H]7C)C(C)[C@H]6C)O[C@@H]5CC)O[C@@H]4CC)C(C)[C@H]3C)C(C)[C@H]2C)C(C)[C@@H](C)[C@H]1C.[Ac].[Ac]. The summed E-state index contributed by atoms with van der Waals surface area (Å²) in [6.45, 7) is 78.5. The van der Waals surface area contributed by atoms with Gasteiger partial charge in [-0.3, -0.25) is 0 Å². The summed E-state index contributed by atoms with van der Waals surface area (Å²) in [6, 6.07) is 0. The first kappa shape index (κ1) is 118. The number of ether oxygens (including phenoxy) is 22. The van der Waals surface area contributed by atoms with Crippen LogP contribution >= 0.6 is 0 Å². The summed E-state index contributed by atoms with van der Waals surface area (Å²) in [5, 5.41) is 35.3. The summed E-state index contributed by atoms with van der Waals surface area (Å²) in [7, 11) is 0. The predicted octanol–water partition coefficient (Wildman–Crippen LogP) is 19.1. The van der Waals surface area contributed by atoms with Crippen molar-refractivity contribution in [3.05, 3.63) is 0 Å². The van der Waals surface area contributed by atoms with Gasteiger partial charge in [-0.05, 0) is 162 Å². The molecule has 24 unspecified atom stereocenters. The van der Waals surface area contributed by atoms with Crippen LogP contribution in [-0.4, -0.2) is 243 Å². The smallest absolute Gasteiger partial charge is 0.163 e. The summed E-state index contributed by atoms with van der Waals surface area (Å²) >= 11 is 0. The Labute approximate surface area is 882 Å². The van der Waals surface area contributed by atoms with Gasteiger partial charge in [0.05, 0.1) is 153 Å². The van der Waals surface area contributed by atoms with E-state index in [0.717, 1.165) is 44.9 Å². The van der Waals surface area contributed by atoms with Gasteiger partial charge < -0.3 is 120 Å².